The van der Waals surface area contributed by atoms with Crippen LogP contribution in [0.4, 0.5) is 0 Å². The minimum atomic E-state index is 0.208. The van der Waals surface area contributed by atoms with E-state index in [0.717, 1.165) is 26.1 Å². The van der Waals surface area contributed by atoms with Gasteiger partial charge in [-0.3, -0.25) is 4.79 Å². The molecule has 3 nitrogen and oxygen atoms in total. The summed E-state index contributed by atoms with van der Waals surface area (Å²) < 4.78 is 0. The molecule has 14 heavy (non-hydrogen) atoms. The summed E-state index contributed by atoms with van der Waals surface area (Å²) in [7, 11) is 0. The number of hydrogen-bond acceptors (Lipinski definition) is 2. The highest BCUT2D eigenvalue weighted by Gasteiger charge is 2.17. The first-order valence-corrected chi connectivity index (χ1v) is 5.73. The predicted octanol–water partition coefficient (Wildman–Crippen LogP) is 1.39. The molecule has 1 rings (SSSR count). The van der Waals surface area contributed by atoms with Crippen LogP contribution in [0.15, 0.2) is 0 Å². The molecule has 1 N–H and O–H groups in total. The molecular formula is C11H22N2O. The Hall–Kier alpha value is -0.570. The normalized spacial score (nSPS) is 22.0. The number of carbonyl (C=O) groups is 1. The average molecular weight is 198 g/mol. The molecule has 0 saturated carbocycles. The summed E-state index contributed by atoms with van der Waals surface area (Å²) in [6.07, 6.45) is 4.85. The maximum atomic E-state index is 11.3. The van der Waals surface area contributed by atoms with E-state index in [1.807, 2.05) is 4.90 Å². The molecule has 0 aromatic heterocycles. The molecule has 0 bridgehead atoms. The molecule has 82 valence electrons. The van der Waals surface area contributed by atoms with E-state index in [1.54, 1.807) is 6.92 Å². The van der Waals surface area contributed by atoms with E-state index in [2.05, 4.69) is 12.2 Å². The van der Waals surface area contributed by atoms with Gasteiger partial charge in [0.15, 0.2) is 0 Å². The third-order valence-corrected chi connectivity index (χ3v) is 2.79. The van der Waals surface area contributed by atoms with Gasteiger partial charge in [-0.25, -0.2) is 0 Å². The Morgan fingerprint density at radius 3 is 2.79 bits per heavy atom. The Morgan fingerprint density at radius 1 is 1.50 bits per heavy atom. The van der Waals surface area contributed by atoms with Crippen LogP contribution in [0, 0.1) is 0 Å². The first-order valence-electron chi connectivity index (χ1n) is 5.73. The third-order valence-electron chi connectivity index (χ3n) is 2.79. The van der Waals surface area contributed by atoms with Crippen molar-refractivity contribution in [1.82, 2.24) is 10.2 Å². The molecule has 1 saturated heterocycles. The third kappa shape index (κ3) is 3.66. The van der Waals surface area contributed by atoms with E-state index in [1.165, 1.54) is 19.3 Å². The maximum absolute atomic E-state index is 11.3. The van der Waals surface area contributed by atoms with Crippen molar-refractivity contribution < 1.29 is 4.79 Å². The molecule has 1 aliphatic heterocycles. The van der Waals surface area contributed by atoms with Gasteiger partial charge >= 0.3 is 0 Å². The molecule has 1 aliphatic rings. The van der Waals surface area contributed by atoms with E-state index in [4.69, 9.17) is 0 Å². The fraction of sp³-hybridized carbons (Fsp3) is 0.909. The fourth-order valence-corrected chi connectivity index (χ4v) is 1.99. The van der Waals surface area contributed by atoms with E-state index in [0.29, 0.717) is 6.04 Å². The zero-order valence-electron chi connectivity index (χ0n) is 9.38. The van der Waals surface area contributed by atoms with E-state index in [-0.39, 0.29) is 5.91 Å². The van der Waals surface area contributed by atoms with Crippen molar-refractivity contribution in [3.63, 3.8) is 0 Å². The van der Waals surface area contributed by atoms with Crippen molar-refractivity contribution in [2.45, 2.75) is 45.6 Å². The van der Waals surface area contributed by atoms with Crippen molar-refractivity contribution in [2.75, 3.05) is 19.6 Å². The van der Waals surface area contributed by atoms with Gasteiger partial charge in [-0.1, -0.05) is 13.3 Å². The fourth-order valence-electron chi connectivity index (χ4n) is 1.99. The number of amides is 1. The van der Waals surface area contributed by atoms with Gasteiger partial charge in [0.25, 0.3) is 0 Å². The van der Waals surface area contributed by atoms with Crippen LogP contribution in [0.1, 0.15) is 39.5 Å². The van der Waals surface area contributed by atoms with E-state index >= 15 is 0 Å². The lowest BCUT2D eigenvalue weighted by Crippen LogP contribution is -2.45. The molecule has 1 fully saturated rings. The maximum Gasteiger partial charge on any atom is 0.219 e. The van der Waals surface area contributed by atoms with Crippen LogP contribution in [0.25, 0.3) is 0 Å². The van der Waals surface area contributed by atoms with Crippen LogP contribution in [-0.2, 0) is 4.79 Å². The van der Waals surface area contributed by atoms with Gasteiger partial charge in [-0.05, 0) is 25.8 Å². The number of carbonyl (C=O) groups excluding carboxylic acids is 1. The zero-order valence-corrected chi connectivity index (χ0v) is 9.38. The lowest BCUT2D eigenvalue weighted by molar-refractivity contribution is -0.129. The standard InChI is InChI=1S/C11H22N2O/c1-3-8-13(10(2)14)9-11-6-4-5-7-12-11/h11-12H,3-9H2,1-2H3. The first-order chi connectivity index (χ1) is 6.74. The van der Waals surface area contributed by atoms with Gasteiger partial charge in [0, 0.05) is 26.1 Å². The van der Waals surface area contributed by atoms with E-state index < -0.39 is 0 Å². The molecule has 1 atom stereocenters. The quantitative estimate of drug-likeness (QED) is 0.740. The van der Waals surface area contributed by atoms with Gasteiger partial charge < -0.3 is 10.2 Å². The minimum Gasteiger partial charge on any atom is -0.341 e. The average Bonchev–Trinajstić information content (AvgIpc) is 2.18. The monoisotopic (exact) mass is 198 g/mol. The SMILES string of the molecule is CCCN(CC1CCCCN1)C(C)=O. The van der Waals surface area contributed by atoms with Crippen LogP contribution < -0.4 is 5.32 Å². The molecule has 0 aromatic carbocycles. The molecule has 0 aliphatic carbocycles. The van der Waals surface area contributed by atoms with Crippen molar-refractivity contribution >= 4 is 5.91 Å². The number of rotatable bonds is 4. The molecule has 1 amide bonds. The van der Waals surface area contributed by atoms with Gasteiger partial charge in [-0.2, -0.15) is 0 Å². The summed E-state index contributed by atoms with van der Waals surface area (Å²) >= 11 is 0. The second-order valence-electron chi connectivity index (χ2n) is 4.11. The summed E-state index contributed by atoms with van der Waals surface area (Å²) in [5.41, 5.74) is 0. The lowest BCUT2D eigenvalue weighted by atomic mass is 10.0. The minimum absolute atomic E-state index is 0.208. The van der Waals surface area contributed by atoms with Crippen molar-refractivity contribution in [3.05, 3.63) is 0 Å². The van der Waals surface area contributed by atoms with Crippen LogP contribution in [0.2, 0.25) is 0 Å². The second-order valence-corrected chi connectivity index (χ2v) is 4.11. The van der Waals surface area contributed by atoms with Crippen LogP contribution in [-0.4, -0.2) is 36.5 Å². The molecule has 3 heteroatoms. The van der Waals surface area contributed by atoms with Gasteiger partial charge in [0.05, 0.1) is 0 Å². The van der Waals surface area contributed by atoms with Crippen molar-refractivity contribution in [1.29, 1.82) is 0 Å². The summed E-state index contributed by atoms with van der Waals surface area (Å²) in [5.74, 6) is 0.208. The van der Waals surface area contributed by atoms with Crippen LogP contribution in [0.3, 0.4) is 0 Å². The topological polar surface area (TPSA) is 32.3 Å². The molecule has 0 radical (unpaired) electrons. The van der Waals surface area contributed by atoms with Crippen LogP contribution >= 0.6 is 0 Å². The molecular weight excluding hydrogens is 176 g/mol. The Bertz CT molecular complexity index is 176. The van der Waals surface area contributed by atoms with Crippen molar-refractivity contribution in [2.24, 2.45) is 0 Å². The molecule has 0 spiro atoms. The second kappa shape index (κ2) is 6.02. The highest BCUT2D eigenvalue weighted by atomic mass is 16.2. The number of piperidine rings is 1. The van der Waals surface area contributed by atoms with Crippen LogP contribution in [0.5, 0.6) is 0 Å². The Labute approximate surface area is 86.9 Å². The summed E-state index contributed by atoms with van der Waals surface area (Å²) in [5, 5.41) is 3.47. The summed E-state index contributed by atoms with van der Waals surface area (Å²) in [6.45, 7) is 6.68. The number of nitrogens with one attached hydrogen (secondary N) is 1. The van der Waals surface area contributed by atoms with Crippen molar-refractivity contribution in [3.8, 4) is 0 Å². The van der Waals surface area contributed by atoms with Gasteiger partial charge in [-0.15, -0.1) is 0 Å². The number of hydrogen-bond donors (Lipinski definition) is 1. The largest absolute Gasteiger partial charge is 0.341 e. The molecule has 1 heterocycles. The Morgan fingerprint density at radius 2 is 2.29 bits per heavy atom. The van der Waals surface area contributed by atoms with E-state index in [9.17, 15) is 4.79 Å². The Kier molecular flexibility index (Phi) is 4.94. The first kappa shape index (κ1) is 11.5. The lowest BCUT2D eigenvalue weighted by Gasteiger charge is -2.29. The molecule has 1 unspecified atom stereocenters. The predicted molar refractivity (Wildman–Crippen MR) is 58.2 cm³/mol. The highest BCUT2D eigenvalue weighted by molar-refractivity contribution is 5.73. The Balaban J connectivity index is 2.33. The number of nitrogens with zero attached hydrogens (tertiary/aromatic N) is 1. The summed E-state index contributed by atoms with van der Waals surface area (Å²) in [4.78, 5) is 13.3. The zero-order chi connectivity index (χ0) is 10.4. The summed E-state index contributed by atoms with van der Waals surface area (Å²) in [6, 6.07) is 0.527. The highest BCUT2D eigenvalue weighted by Crippen LogP contribution is 2.08. The van der Waals surface area contributed by atoms with Gasteiger partial charge in [0.2, 0.25) is 5.91 Å². The molecule has 0 aromatic rings. The smallest absolute Gasteiger partial charge is 0.219 e. The van der Waals surface area contributed by atoms with Gasteiger partial charge in [0.1, 0.15) is 0 Å².